The third kappa shape index (κ3) is 4.97. The van der Waals surface area contributed by atoms with Gasteiger partial charge < -0.3 is 5.32 Å². The summed E-state index contributed by atoms with van der Waals surface area (Å²) in [6, 6.07) is 13.8. The summed E-state index contributed by atoms with van der Waals surface area (Å²) in [5, 5.41) is 13.4. The molecule has 2 aromatic carbocycles. The predicted molar refractivity (Wildman–Crippen MR) is 93.9 cm³/mol. The van der Waals surface area contributed by atoms with Crippen LogP contribution in [0, 0.1) is 10.1 Å². The van der Waals surface area contributed by atoms with E-state index in [1.54, 1.807) is 6.92 Å². The number of amides is 1. The Morgan fingerprint density at radius 2 is 2.00 bits per heavy atom. The molecular formula is C16H15ClN2O3S. The summed E-state index contributed by atoms with van der Waals surface area (Å²) in [4.78, 5) is 22.5. The molecule has 2 rings (SSSR count). The molecule has 0 bridgehead atoms. The van der Waals surface area contributed by atoms with Gasteiger partial charge in [-0.15, -0.1) is 11.8 Å². The zero-order valence-electron chi connectivity index (χ0n) is 12.4. The maximum absolute atomic E-state index is 12.2. The number of nitrogens with one attached hydrogen (secondary N) is 1. The van der Waals surface area contributed by atoms with Gasteiger partial charge in [0.1, 0.15) is 0 Å². The van der Waals surface area contributed by atoms with Crippen molar-refractivity contribution in [3.8, 4) is 0 Å². The molecule has 0 aliphatic heterocycles. The minimum absolute atomic E-state index is 0.116. The average Bonchev–Trinajstić information content (AvgIpc) is 2.55. The highest BCUT2D eigenvalue weighted by Crippen LogP contribution is 2.28. The number of halogens is 1. The zero-order chi connectivity index (χ0) is 16.8. The van der Waals surface area contributed by atoms with Gasteiger partial charge in [0, 0.05) is 17.9 Å². The number of nitro benzene ring substituents is 1. The predicted octanol–water partition coefficient (Wildman–Crippen LogP) is 4.51. The molecule has 0 unspecified atom stereocenters. The Labute approximate surface area is 143 Å². The van der Waals surface area contributed by atoms with Gasteiger partial charge in [0.15, 0.2) is 0 Å². The summed E-state index contributed by atoms with van der Waals surface area (Å²) in [7, 11) is 0. The van der Waals surface area contributed by atoms with Gasteiger partial charge in [0.2, 0.25) is 5.91 Å². The van der Waals surface area contributed by atoms with Gasteiger partial charge in [0.25, 0.3) is 5.69 Å². The van der Waals surface area contributed by atoms with Crippen LogP contribution in [0.25, 0.3) is 0 Å². The van der Waals surface area contributed by atoms with Gasteiger partial charge in [-0.1, -0.05) is 41.9 Å². The Morgan fingerprint density at radius 3 is 2.65 bits per heavy atom. The monoisotopic (exact) mass is 350 g/mol. The van der Waals surface area contributed by atoms with Crippen LogP contribution < -0.4 is 5.32 Å². The molecule has 1 N–H and O–H groups in total. The average molecular weight is 351 g/mol. The molecule has 0 fully saturated rings. The van der Waals surface area contributed by atoms with Crippen molar-refractivity contribution in [3.05, 3.63) is 69.2 Å². The van der Waals surface area contributed by atoms with Crippen molar-refractivity contribution >= 4 is 40.6 Å². The van der Waals surface area contributed by atoms with Gasteiger partial charge in [-0.25, -0.2) is 0 Å². The lowest BCUT2D eigenvalue weighted by atomic mass is 10.2. The van der Waals surface area contributed by atoms with Crippen molar-refractivity contribution in [2.24, 2.45) is 0 Å². The third-order valence-corrected chi connectivity index (χ3v) is 4.67. The Bertz CT molecular complexity index is 710. The van der Waals surface area contributed by atoms with Crippen molar-refractivity contribution in [3.63, 3.8) is 0 Å². The molecule has 0 saturated carbocycles. The molecule has 0 saturated heterocycles. The van der Waals surface area contributed by atoms with E-state index < -0.39 is 4.92 Å². The molecular weight excluding hydrogens is 336 g/mol. The Morgan fingerprint density at radius 1 is 1.30 bits per heavy atom. The van der Waals surface area contributed by atoms with Crippen LogP contribution in [0.15, 0.2) is 48.5 Å². The minimum atomic E-state index is -0.528. The largest absolute Gasteiger partial charge is 0.324 e. The van der Waals surface area contributed by atoms with E-state index >= 15 is 0 Å². The smallest absolute Gasteiger partial charge is 0.271 e. The number of anilines is 1. The number of nitrogens with zero attached hydrogens (tertiary/aromatic N) is 1. The number of benzene rings is 2. The maximum atomic E-state index is 12.2. The minimum Gasteiger partial charge on any atom is -0.324 e. The molecule has 0 aliphatic rings. The van der Waals surface area contributed by atoms with Gasteiger partial charge >= 0.3 is 0 Å². The number of non-ortho nitro benzene ring substituents is 1. The summed E-state index contributed by atoms with van der Waals surface area (Å²) in [5.41, 5.74) is 1.26. The molecule has 1 amide bonds. The topological polar surface area (TPSA) is 72.2 Å². The first-order valence-corrected chi connectivity index (χ1v) is 8.30. The Hall–Kier alpha value is -2.05. The van der Waals surface area contributed by atoms with Crippen molar-refractivity contribution in [2.45, 2.75) is 17.9 Å². The molecule has 0 aromatic heterocycles. The van der Waals surface area contributed by atoms with E-state index in [-0.39, 0.29) is 27.6 Å². The van der Waals surface area contributed by atoms with Crippen molar-refractivity contribution in [1.29, 1.82) is 0 Å². The summed E-state index contributed by atoms with van der Waals surface area (Å²) in [6.45, 7) is 1.79. The van der Waals surface area contributed by atoms with Crippen LogP contribution in [0.4, 0.5) is 11.4 Å². The number of carbonyl (C=O) groups is 1. The lowest BCUT2D eigenvalue weighted by Crippen LogP contribution is -2.22. The second kappa shape index (κ2) is 7.99. The lowest BCUT2D eigenvalue weighted by Gasteiger charge is -2.13. The van der Waals surface area contributed by atoms with Crippen LogP contribution in [-0.4, -0.2) is 16.1 Å². The van der Waals surface area contributed by atoms with Crippen LogP contribution >= 0.6 is 23.4 Å². The van der Waals surface area contributed by atoms with E-state index in [0.717, 1.165) is 5.56 Å². The van der Waals surface area contributed by atoms with Crippen molar-refractivity contribution in [1.82, 2.24) is 0 Å². The van der Waals surface area contributed by atoms with Gasteiger partial charge in [-0.2, -0.15) is 0 Å². The molecule has 0 heterocycles. The Kier molecular flexibility index (Phi) is 6.01. The van der Waals surface area contributed by atoms with Crippen LogP contribution in [0.2, 0.25) is 5.02 Å². The van der Waals surface area contributed by atoms with Crippen molar-refractivity contribution < 1.29 is 9.72 Å². The van der Waals surface area contributed by atoms with E-state index in [4.69, 9.17) is 11.6 Å². The summed E-state index contributed by atoms with van der Waals surface area (Å²) in [6.07, 6.45) is 0. The first-order valence-electron chi connectivity index (χ1n) is 6.87. The van der Waals surface area contributed by atoms with E-state index in [0.29, 0.717) is 5.75 Å². The van der Waals surface area contributed by atoms with Crippen LogP contribution in [-0.2, 0) is 10.5 Å². The van der Waals surface area contributed by atoms with Gasteiger partial charge in [-0.3, -0.25) is 14.9 Å². The fraction of sp³-hybridized carbons (Fsp3) is 0.188. The second-order valence-electron chi connectivity index (χ2n) is 4.85. The van der Waals surface area contributed by atoms with E-state index in [1.807, 2.05) is 30.3 Å². The number of carbonyl (C=O) groups excluding carboxylic acids is 1. The third-order valence-electron chi connectivity index (χ3n) is 3.13. The van der Waals surface area contributed by atoms with Crippen LogP contribution in [0.1, 0.15) is 12.5 Å². The SMILES string of the molecule is C[C@H](SCc1ccccc1)C(=O)Nc1cc([N+](=O)[O-])ccc1Cl. The molecule has 5 nitrogen and oxygen atoms in total. The fourth-order valence-electron chi connectivity index (χ4n) is 1.83. The highest BCUT2D eigenvalue weighted by molar-refractivity contribution is 7.99. The normalized spacial score (nSPS) is 11.7. The van der Waals surface area contributed by atoms with Crippen molar-refractivity contribution in [2.75, 3.05) is 5.32 Å². The standard InChI is InChI=1S/C16H15ClN2O3S/c1-11(23-10-12-5-3-2-4-6-12)16(20)18-15-9-13(19(21)22)7-8-14(15)17/h2-9,11H,10H2,1H3,(H,18,20)/t11-/m0/s1. The quantitative estimate of drug-likeness (QED) is 0.614. The van der Waals surface area contributed by atoms with Gasteiger partial charge in [-0.05, 0) is 18.6 Å². The molecule has 2 aromatic rings. The fourth-order valence-corrected chi connectivity index (χ4v) is 2.84. The maximum Gasteiger partial charge on any atom is 0.271 e. The number of hydrogen-bond donors (Lipinski definition) is 1. The zero-order valence-corrected chi connectivity index (χ0v) is 13.9. The first-order chi connectivity index (χ1) is 11.0. The number of nitro groups is 1. The molecule has 0 aliphatic carbocycles. The molecule has 1 atom stereocenters. The molecule has 0 radical (unpaired) electrons. The highest BCUT2D eigenvalue weighted by Gasteiger charge is 2.17. The highest BCUT2D eigenvalue weighted by atomic mass is 35.5. The first kappa shape index (κ1) is 17.3. The van der Waals surface area contributed by atoms with E-state index in [2.05, 4.69) is 5.32 Å². The van der Waals surface area contributed by atoms with Crippen LogP contribution in [0.3, 0.4) is 0 Å². The summed E-state index contributed by atoms with van der Waals surface area (Å²) >= 11 is 7.46. The van der Waals surface area contributed by atoms with Gasteiger partial charge in [0.05, 0.1) is 20.9 Å². The lowest BCUT2D eigenvalue weighted by molar-refractivity contribution is -0.384. The van der Waals surface area contributed by atoms with Crippen LogP contribution in [0.5, 0.6) is 0 Å². The second-order valence-corrected chi connectivity index (χ2v) is 6.59. The summed E-state index contributed by atoms with van der Waals surface area (Å²) in [5.74, 6) is 0.464. The number of hydrogen-bond acceptors (Lipinski definition) is 4. The Balaban J connectivity index is 1.98. The summed E-state index contributed by atoms with van der Waals surface area (Å²) < 4.78 is 0. The molecule has 120 valence electrons. The number of rotatable bonds is 6. The van der Waals surface area contributed by atoms with E-state index in [1.165, 1.54) is 30.0 Å². The van der Waals surface area contributed by atoms with E-state index in [9.17, 15) is 14.9 Å². The molecule has 23 heavy (non-hydrogen) atoms. The molecule has 7 heteroatoms. The number of thioether (sulfide) groups is 1. The molecule has 0 spiro atoms.